The van der Waals surface area contributed by atoms with Crippen LogP contribution in [0.1, 0.15) is 70.6 Å². The zero-order chi connectivity index (χ0) is 49.5. The number of likely N-dealkylation sites (N-methyl/N-ethyl adjacent to an activating group) is 1. The van der Waals surface area contributed by atoms with Crippen molar-refractivity contribution in [3.05, 3.63) is 71.5 Å². The number of phenols is 1. The number of hydrazine groups is 1. The summed E-state index contributed by atoms with van der Waals surface area (Å²) in [6, 6.07) is 10.2. The van der Waals surface area contributed by atoms with Gasteiger partial charge < -0.3 is 34.5 Å². The average Bonchev–Trinajstić information content (AvgIpc) is 3.92. The number of aromatic nitrogens is 2. The summed E-state index contributed by atoms with van der Waals surface area (Å²) in [7, 11) is -0.679. The maximum absolute atomic E-state index is 14.8. The van der Waals surface area contributed by atoms with Crippen LogP contribution in [0.3, 0.4) is 0 Å². The second kappa shape index (κ2) is 20.1. The Kier molecular flexibility index (Phi) is 14.6. The molecule has 4 aliphatic rings. The zero-order valence-corrected chi connectivity index (χ0v) is 41.4. The van der Waals surface area contributed by atoms with Crippen LogP contribution in [0.5, 0.6) is 5.75 Å². The minimum Gasteiger partial charge on any atom is -0.508 e. The van der Waals surface area contributed by atoms with E-state index in [1.165, 1.54) is 25.6 Å². The van der Waals surface area contributed by atoms with Crippen LogP contribution >= 0.6 is 0 Å². The molecule has 4 atom stereocenters. The zero-order valence-electron chi connectivity index (χ0n) is 40.6. The Morgan fingerprint density at radius 2 is 1.81 bits per heavy atom. The molecule has 4 aromatic rings. The number of rotatable bonds is 11. The molecule has 2 aromatic carbocycles. The Morgan fingerprint density at radius 1 is 1.04 bits per heavy atom. The van der Waals surface area contributed by atoms with E-state index >= 15 is 0 Å². The first-order chi connectivity index (χ1) is 32.8. The van der Waals surface area contributed by atoms with Gasteiger partial charge >= 0.3 is 5.97 Å². The van der Waals surface area contributed by atoms with Crippen LogP contribution in [0.25, 0.3) is 33.3 Å². The fourth-order valence-corrected chi connectivity index (χ4v) is 12.2. The van der Waals surface area contributed by atoms with Gasteiger partial charge in [-0.3, -0.25) is 29.2 Å². The summed E-state index contributed by atoms with van der Waals surface area (Å²) >= 11 is 0. The lowest BCUT2D eigenvalue weighted by atomic mass is 9.84. The lowest BCUT2D eigenvalue weighted by Gasteiger charge is -2.37. The second-order valence-corrected chi connectivity index (χ2v) is 22.1. The van der Waals surface area contributed by atoms with Crippen molar-refractivity contribution in [1.29, 1.82) is 0 Å². The molecule has 6 bridgehead atoms. The molecule has 0 saturated carbocycles. The van der Waals surface area contributed by atoms with Gasteiger partial charge in [-0.25, -0.2) is 5.43 Å². The molecule has 3 fully saturated rings. The summed E-state index contributed by atoms with van der Waals surface area (Å²) in [6.07, 6.45) is 4.53. The van der Waals surface area contributed by atoms with Crippen molar-refractivity contribution in [2.75, 3.05) is 53.5 Å². The number of nitrogens with zero attached hydrogens (tertiary/aromatic N) is 6. The molecule has 18 nitrogen and oxygen atoms in total. The molecule has 2 aromatic heterocycles. The van der Waals surface area contributed by atoms with E-state index in [9.17, 15) is 37.8 Å². The molecule has 0 spiro atoms. The molecule has 0 aliphatic carbocycles. The van der Waals surface area contributed by atoms with Gasteiger partial charge in [0.25, 0.3) is 16.1 Å². The summed E-state index contributed by atoms with van der Waals surface area (Å²) in [5, 5.41) is 26.4. The van der Waals surface area contributed by atoms with Gasteiger partial charge in [0, 0.05) is 94.1 Å². The Labute approximate surface area is 404 Å². The highest BCUT2D eigenvalue weighted by Gasteiger charge is 2.45. The van der Waals surface area contributed by atoms with Gasteiger partial charge in [-0.15, -0.1) is 0 Å². The third-order valence-electron chi connectivity index (χ3n) is 14.0. The summed E-state index contributed by atoms with van der Waals surface area (Å²) in [5.74, 6) is -3.19. The topological polar surface area (TPSA) is 216 Å². The van der Waals surface area contributed by atoms with Crippen LogP contribution in [0.2, 0.25) is 0 Å². The van der Waals surface area contributed by atoms with Crippen molar-refractivity contribution < 1.29 is 47.3 Å². The van der Waals surface area contributed by atoms with Gasteiger partial charge in [-0.05, 0) is 96.7 Å². The predicted octanol–water partition coefficient (Wildman–Crippen LogP) is 3.62. The Balaban J connectivity index is 1.15. The minimum atomic E-state index is -3.86. The molecule has 3 amide bonds. The van der Waals surface area contributed by atoms with Gasteiger partial charge in [0.15, 0.2) is 0 Å². The number of aryl methyl sites for hydroxylation is 1. The van der Waals surface area contributed by atoms with E-state index in [1.54, 1.807) is 39.3 Å². The number of ether oxygens (including phenoxy) is 2. The van der Waals surface area contributed by atoms with Crippen LogP contribution in [-0.4, -0.2) is 148 Å². The molecule has 8 rings (SSSR count). The van der Waals surface area contributed by atoms with E-state index in [0.717, 1.165) is 38.9 Å². The number of hydrogen-bond donors (Lipinski definition) is 4. The fourth-order valence-electron chi connectivity index (χ4n) is 10.4. The molecule has 4 N–H and O–H groups in total. The third-order valence-corrected chi connectivity index (χ3v) is 15.9. The van der Waals surface area contributed by atoms with E-state index in [2.05, 4.69) is 53.2 Å². The highest BCUT2D eigenvalue weighted by Crippen LogP contribution is 2.41. The molecular weight excluding hydrogens is 905 g/mol. The number of hydrogen-bond acceptors (Lipinski definition) is 12. The van der Waals surface area contributed by atoms with Gasteiger partial charge in [-0.2, -0.15) is 17.0 Å². The molecule has 1 unspecified atom stereocenters. The molecule has 6 heterocycles. The van der Waals surface area contributed by atoms with Crippen molar-refractivity contribution >= 4 is 44.8 Å². The summed E-state index contributed by atoms with van der Waals surface area (Å²) < 4.78 is 42.8. The average molecular weight is 971 g/mol. The maximum atomic E-state index is 14.8. The number of cyclic esters (lactones) is 1. The van der Waals surface area contributed by atoms with Crippen LogP contribution in [0.4, 0.5) is 0 Å². The number of fused-ring (bicyclic) bond motifs is 6. The van der Waals surface area contributed by atoms with Gasteiger partial charge in [0.2, 0.25) is 11.8 Å². The molecule has 19 heteroatoms. The number of methoxy groups -OCH3 is 1. The lowest BCUT2D eigenvalue weighted by molar-refractivity contribution is -0.155. The fraction of sp³-hybridized carbons (Fsp3) is 0.540. The van der Waals surface area contributed by atoms with Crippen molar-refractivity contribution in [3.8, 4) is 28.1 Å². The largest absolute Gasteiger partial charge is 0.508 e. The number of β-amino-alcohol motifs (C(OH)–C–C–N with tert-alkyl or cyclic N) is 1. The monoisotopic (exact) mass is 970 g/mol. The van der Waals surface area contributed by atoms with Crippen molar-refractivity contribution in [1.82, 2.24) is 38.8 Å². The highest BCUT2D eigenvalue weighted by molar-refractivity contribution is 7.86. The normalized spacial score (nSPS) is 22.3. The number of benzene rings is 2. The van der Waals surface area contributed by atoms with Gasteiger partial charge in [-0.1, -0.05) is 39.8 Å². The lowest BCUT2D eigenvalue weighted by Crippen LogP contribution is -2.62. The van der Waals surface area contributed by atoms with E-state index in [-0.39, 0.29) is 57.9 Å². The maximum Gasteiger partial charge on any atom is 0.324 e. The predicted molar refractivity (Wildman–Crippen MR) is 258 cm³/mol. The second-order valence-electron chi connectivity index (χ2n) is 20.1. The highest BCUT2D eigenvalue weighted by atomic mass is 32.2. The van der Waals surface area contributed by atoms with Crippen LogP contribution in [0, 0.1) is 17.3 Å². The quantitative estimate of drug-likeness (QED) is 0.159. The Morgan fingerprint density at radius 3 is 2.52 bits per heavy atom. The third kappa shape index (κ3) is 10.3. The molecule has 3 saturated heterocycles. The number of esters is 1. The van der Waals surface area contributed by atoms with E-state index in [0.29, 0.717) is 43.5 Å². The van der Waals surface area contributed by atoms with Crippen molar-refractivity contribution in [3.63, 3.8) is 0 Å². The first-order valence-electron chi connectivity index (χ1n) is 23.9. The van der Waals surface area contributed by atoms with E-state index in [4.69, 9.17) is 9.47 Å². The summed E-state index contributed by atoms with van der Waals surface area (Å²) in [4.78, 5) is 63.3. The van der Waals surface area contributed by atoms with Gasteiger partial charge in [0.05, 0.1) is 30.9 Å². The van der Waals surface area contributed by atoms with Crippen molar-refractivity contribution in [2.45, 2.75) is 104 Å². The molecule has 372 valence electrons. The standard InChI is InChI=1S/C50H66N8O10S/c1-8-57-43-12-11-32-22-38(43)39(45(57)40-24-51-15-13-34(40)28-67-7)23-50(4,5)29-68-49(64)41-10-9-16-58(53-41)48(63)42(20-31-18-35(32)21-36(59)19-31)52-46(61)44(30(2)3)54(6)47(62)33-14-17-55(25-33)69(65,66)56-26-37(60)27-56/h11-13,15,18-19,21-22,24,30,33,37,41-42,44,53,59-60H,8-10,14,16-17,20,23,25-29H2,1-7H3,(H,52,61)/t33-,41-,42-,44?/m0/s1. The molecule has 69 heavy (non-hydrogen) atoms. The first-order valence-corrected chi connectivity index (χ1v) is 25.3. The number of carbonyl (C=O) groups excluding carboxylic acids is 4. The van der Waals surface area contributed by atoms with E-state index < -0.39 is 75.4 Å². The number of aliphatic hydroxyl groups excluding tert-OH is 1. The number of phenolic OH excluding ortho intramolecular Hbond substituents is 1. The van der Waals surface area contributed by atoms with Crippen LogP contribution < -0.4 is 10.7 Å². The summed E-state index contributed by atoms with van der Waals surface area (Å²) in [6.45, 7) is 11.2. The number of carbonyl (C=O) groups is 4. The van der Waals surface area contributed by atoms with Crippen LogP contribution in [0.15, 0.2) is 54.9 Å². The minimum absolute atomic E-state index is 0.00199. The Bertz CT molecular complexity index is 2720. The SMILES string of the molecule is CCn1c(-c2cnccc2COC)c2c3cc(ccc31)-c1cc(O)cc(c1)C[C@H](NC(=O)C(C(C)C)N(C)C(=O)[C@H]1CCN(S(=O)(=O)N3CC(O)C3)C1)C(=O)N1CCC[C@H](N1)C(=O)OCC(C)(C)C2. The van der Waals surface area contributed by atoms with E-state index in [1.807, 2.05) is 24.4 Å². The van der Waals surface area contributed by atoms with Gasteiger partial charge in [0.1, 0.15) is 23.9 Å². The number of amides is 3. The molecule has 0 radical (unpaired) electrons. The molecule has 4 aliphatic heterocycles. The number of aromatic hydroxyl groups is 1. The van der Waals surface area contributed by atoms with Crippen LogP contribution in [-0.2, 0) is 64.9 Å². The summed E-state index contributed by atoms with van der Waals surface area (Å²) in [5.41, 5.74) is 9.53. The number of aliphatic hydroxyl groups is 1. The number of nitrogens with one attached hydrogen (secondary N) is 2. The molecular formula is C50H66N8O10S. The Hall–Kier alpha value is -5.44. The van der Waals surface area contributed by atoms with Crippen molar-refractivity contribution in [2.24, 2.45) is 17.3 Å². The smallest absolute Gasteiger partial charge is 0.324 e. The first kappa shape index (κ1) is 50.0. The number of pyridine rings is 1.